The van der Waals surface area contributed by atoms with E-state index in [4.69, 9.17) is 0 Å². The van der Waals surface area contributed by atoms with Crippen LogP contribution in [0.15, 0.2) is 91.0 Å². The highest BCUT2D eigenvalue weighted by Gasteiger charge is 2.20. The van der Waals surface area contributed by atoms with Crippen LogP contribution >= 0.6 is 0 Å². The summed E-state index contributed by atoms with van der Waals surface area (Å²) in [5.74, 6) is -0.305. The summed E-state index contributed by atoms with van der Waals surface area (Å²) in [6, 6.07) is 29.4. The maximum atomic E-state index is 13.3. The molecule has 0 unspecified atom stereocenters. The van der Waals surface area contributed by atoms with Gasteiger partial charge in [-0.1, -0.05) is 66.7 Å². The van der Waals surface area contributed by atoms with Crippen molar-refractivity contribution < 1.29 is 9.59 Å². The minimum Gasteiger partial charge on any atom is -0.371 e. The summed E-state index contributed by atoms with van der Waals surface area (Å²) in [4.78, 5) is 28.8. The number of hydrogen-bond donors (Lipinski definition) is 2. The second kappa shape index (κ2) is 11.1. The molecule has 5 heteroatoms. The molecule has 5 nitrogen and oxygen atoms in total. The van der Waals surface area contributed by atoms with Gasteiger partial charge < -0.3 is 15.5 Å². The first-order chi connectivity index (χ1) is 17.7. The molecule has 36 heavy (non-hydrogen) atoms. The quantitative estimate of drug-likeness (QED) is 0.340. The molecule has 1 fully saturated rings. The predicted octanol–water partition coefficient (Wildman–Crippen LogP) is 6.05. The molecule has 4 aromatic carbocycles. The highest BCUT2D eigenvalue weighted by Crippen LogP contribution is 2.28. The van der Waals surface area contributed by atoms with Gasteiger partial charge in [-0.25, -0.2) is 0 Å². The number of piperidine rings is 1. The van der Waals surface area contributed by atoms with Gasteiger partial charge in [0.1, 0.15) is 0 Å². The van der Waals surface area contributed by atoms with E-state index >= 15 is 0 Å². The third-order valence-electron chi connectivity index (χ3n) is 6.77. The molecule has 2 amide bonds. The number of amides is 2. The molecule has 0 bridgehead atoms. The van der Waals surface area contributed by atoms with Gasteiger partial charge in [-0.2, -0.15) is 0 Å². The largest absolute Gasteiger partial charge is 0.371 e. The zero-order chi connectivity index (χ0) is 24.7. The van der Waals surface area contributed by atoms with Gasteiger partial charge in [0.2, 0.25) is 0 Å². The van der Waals surface area contributed by atoms with Crippen molar-refractivity contribution >= 4 is 34.0 Å². The average Bonchev–Trinajstić information content (AvgIpc) is 2.93. The molecule has 182 valence electrons. The molecule has 1 heterocycles. The van der Waals surface area contributed by atoms with Crippen LogP contribution < -0.4 is 15.5 Å². The summed E-state index contributed by atoms with van der Waals surface area (Å²) >= 11 is 0. The standard InChI is InChI=1S/C31H31N3O2/c35-30(32-19-18-23-10-3-1-4-11-23)28-22-25(16-17-29(28)34-20-7-2-8-21-34)33-31(36)27-15-9-13-24-12-5-6-14-26(24)27/h1,3-6,9-17,22H,2,7-8,18-21H2,(H,32,35)(H,33,36). The highest BCUT2D eigenvalue weighted by molar-refractivity contribution is 6.13. The number of carbonyl (C=O) groups excluding carboxylic acids is 2. The van der Waals surface area contributed by atoms with Gasteiger partial charge in [0.15, 0.2) is 0 Å². The average molecular weight is 478 g/mol. The molecule has 0 aromatic heterocycles. The zero-order valence-corrected chi connectivity index (χ0v) is 20.4. The van der Waals surface area contributed by atoms with Crippen molar-refractivity contribution in [2.24, 2.45) is 0 Å². The Morgan fingerprint density at radius 1 is 0.722 bits per heavy atom. The first kappa shape index (κ1) is 23.6. The Balaban J connectivity index is 1.37. The number of hydrogen-bond acceptors (Lipinski definition) is 3. The lowest BCUT2D eigenvalue weighted by molar-refractivity contribution is 0.0953. The highest BCUT2D eigenvalue weighted by atomic mass is 16.2. The van der Waals surface area contributed by atoms with Crippen LogP contribution in [0, 0.1) is 0 Å². The molecule has 1 saturated heterocycles. The van der Waals surface area contributed by atoms with E-state index in [1.165, 1.54) is 12.0 Å². The third-order valence-corrected chi connectivity index (χ3v) is 6.77. The maximum absolute atomic E-state index is 13.3. The zero-order valence-electron chi connectivity index (χ0n) is 20.4. The van der Waals surface area contributed by atoms with Gasteiger partial charge in [-0.15, -0.1) is 0 Å². The summed E-state index contributed by atoms with van der Waals surface area (Å²) < 4.78 is 0. The molecule has 4 aromatic rings. The second-order valence-electron chi connectivity index (χ2n) is 9.25. The Morgan fingerprint density at radius 3 is 2.31 bits per heavy atom. The number of rotatable bonds is 7. The SMILES string of the molecule is O=C(NCCc1ccccc1)c1cc(NC(=O)c2cccc3ccccc23)ccc1N1CCCCC1. The van der Waals surface area contributed by atoms with E-state index in [-0.39, 0.29) is 11.8 Å². The lowest BCUT2D eigenvalue weighted by Gasteiger charge is -2.30. The van der Waals surface area contributed by atoms with E-state index in [0.717, 1.165) is 48.8 Å². The summed E-state index contributed by atoms with van der Waals surface area (Å²) in [7, 11) is 0. The Kier molecular flexibility index (Phi) is 7.27. The van der Waals surface area contributed by atoms with Crippen molar-refractivity contribution in [3.63, 3.8) is 0 Å². The summed E-state index contributed by atoms with van der Waals surface area (Å²) in [6.45, 7) is 2.42. The smallest absolute Gasteiger partial charge is 0.256 e. The molecular formula is C31H31N3O2. The van der Waals surface area contributed by atoms with Crippen LogP contribution in [0.4, 0.5) is 11.4 Å². The first-order valence-electron chi connectivity index (χ1n) is 12.7. The fourth-order valence-electron chi connectivity index (χ4n) is 4.89. The van der Waals surface area contributed by atoms with Crippen LogP contribution in [0.3, 0.4) is 0 Å². The molecule has 0 radical (unpaired) electrons. The number of anilines is 2. The number of carbonyl (C=O) groups is 2. The van der Waals surface area contributed by atoms with Crippen LogP contribution in [0.5, 0.6) is 0 Å². The minimum absolute atomic E-state index is 0.118. The van der Waals surface area contributed by atoms with Crippen LogP contribution in [0.1, 0.15) is 45.5 Å². The fraction of sp³-hybridized carbons (Fsp3) is 0.226. The number of fused-ring (bicyclic) bond motifs is 1. The maximum Gasteiger partial charge on any atom is 0.256 e. The van der Waals surface area contributed by atoms with Crippen molar-refractivity contribution in [3.8, 4) is 0 Å². The van der Waals surface area contributed by atoms with Gasteiger partial charge in [0, 0.05) is 36.6 Å². The topological polar surface area (TPSA) is 61.4 Å². The molecule has 5 rings (SSSR count). The van der Waals surface area contributed by atoms with Crippen LogP contribution in [-0.4, -0.2) is 31.4 Å². The van der Waals surface area contributed by atoms with Crippen molar-refractivity contribution in [2.75, 3.05) is 29.9 Å². The van der Waals surface area contributed by atoms with E-state index in [1.807, 2.05) is 78.9 Å². The molecular weight excluding hydrogens is 446 g/mol. The predicted molar refractivity (Wildman–Crippen MR) is 147 cm³/mol. The first-order valence-corrected chi connectivity index (χ1v) is 12.7. The van der Waals surface area contributed by atoms with Crippen molar-refractivity contribution in [2.45, 2.75) is 25.7 Å². The number of nitrogens with one attached hydrogen (secondary N) is 2. The Labute approximate surface area is 212 Å². The Bertz CT molecular complexity index is 1360. The minimum atomic E-state index is -0.187. The van der Waals surface area contributed by atoms with E-state index in [2.05, 4.69) is 27.7 Å². The summed E-state index contributed by atoms with van der Waals surface area (Å²) in [5.41, 5.74) is 3.94. The molecule has 0 aliphatic carbocycles. The van der Waals surface area contributed by atoms with Gasteiger partial charge >= 0.3 is 0 Å². The molecule has 0 spiro atoms. The Morgan fingerprint density at radius 2 is 1.47 bits per heavy atom. The third kappa shape index (κ3) is 5.41. The monoisotopic (exact) mass is 477 g/mol. The molecule has 2 N–H and O–H groups in total. The lowest BCUT2D eigenvalue weighted by Crippen LogP contribution is -2.33. The van der Waals surface area contributed by atoms with E-state index in [0.29, 0.717) is 23.4 Å². The van der Waals surface area contributed by atoms with Crippen molar-refractivity contribution in [1.82, 2.24) is 5.32 Å². The van der Waals surface area contributed by atoms with Crippen LogP contribution in [0.25, 0.3) is 10.8 Å². The molecule has 0 atom stereocenters. The Hall–Kier alpha value is -4.12. The molecule has 1 aliphatic heterocycles. The van der Waals surface area contributed by atoms with Gasteiger partial charge in [0.05, 0.1) is 5.56 Å². The van der Waals surface area contributed by atoms with Gasteiger partial charge in [0.25, 0.3) is 11.8 Å². The summed E-state index contributed by atoms with van der Waals surface area (Å²) in [5, 5.41) is 8.03. The lowest BCUT2D eigenvalue weighted by atomic mass is 10.0. The van der Waals surface area contributed by atoms with E-state index in [9.17, 15) is 9.59 Å². The second-order valence-corrected chi connectivity index (χ2v) is 9.25. The van der Waals surface area contributed by atoms with Crippen LogP contribution in [0.2, 0.25) is 0 Å². The van der Waals surface area contributed by atoms with E-state index in [1.54, 1.807) is 0 Å². The van der Waals surface area contributed by atoms with Crippen LogP contribution in [-0.2, 0) is 6.42 Å². The molecule has 0 saturated carbocycles. The van der Waals surface area contributed by atoms with Crippen molar-refractivity contribution in [3.05, 3.63) is 108 Å². The molecule has 1 aliphatic rings. The van der Waals surface area contributed by atoms with E-state index < -0.39 is 0 Å². The van der Waals surface area contributed by atoms with Gasteiger partial charge in [-0.05, 0) is 66.3 Å². The van der Waals surface area contributed by atoms with Crippen molar-refractivity contribution in [1.29, 1.82) is 0 Å². The fourth-order valence-corrected chi connectivity index (χ4v) is 4.89. The summed E-state index contributed by atoms with van der Waals surface area (Å²) in [6.07, 6.45) is 4.22. The number of nitrogens with zero attached hydrogens (tertiary/aromatic N) is 1. The van der Waals surface area contributed by atoms with Gasteiger partial charge in [-0.3, -0.25) is 9.59 Å². The number of benzene rings is 4. The normalized spacial score (nSPS) is 13.4.